The third-order valence-electron chi connectivity index (χ3n) is 15.1. The summed E-state index contributed by atoms with van der Waals surface area (Å²) < 4.78 is 34.3. The van der Waals surface area contributed by atoms with Crippen LogP contribution in [0.5, 0.6) is 0 Å². The number of unbranched alkanes of at least 4 members (excludes halogenated alkanes) is 34. The highest BCUT2D eigenvalue weighted by Crippen LogP contribution is 2.38. The van der Waals surface area contributed by atoms with Gasteiger partial charge in [-0.1, -0.05) is 317 Å². The molecule has 0 aliphatic heterocycles. The second kappa shape index (κ2) is 64.4. The number of carbonyl (C=O) groups excluding carboxylic acids is 2. The lowest BCUT2D eigenvalue weighted by atomic mass is 10.0. The monoisotopic (exact) mass is 1190 g/mol. The SMILES string of the molecule is CC/C=C\C/C=C\C/C=C\C/C=C\C/C=C\C/C=C\C/C=C\C/C=C\CCCCCCCCCCCCCCCCCCC(=O)OC(COC(=O)CCCCCCCCCCCCCCCCCCCCC)COP(=O)([O-])OCC[N+](C)(C)C. The Morgan fingerprint density at radius 2 is 0.679 bits per heavy atom. The van der Waals surface area contributed by atoms with Crippen LogP contribution in [0.2, 0.25) is 0 Å². The van der Waals surface area contributed by atoms with E-state index in [-0.39, 0.29) is 32.0 Å². The van der Waals surface area contributed by atoms with E-state index in [1.165, 1.54) is 186 Å². The molecule has 0 aromatic carbocycles. The van der Waals surface area contributed by atoms with Crippen LogP contribution in [0.15, 0.2) is 97.2 Å². The summed E-state index contributed by atoms with van der Waals surface area (Å²) in [4.78, 5) is 38.0. The van der Waals surface area contributed by atoms with Gasteiger partial charge in [0.2, 0.25) is 0 Å². The Morgan fingerprint density at radius 3 is 1.01 bits per heavy atom. The lowest BCUT2D eigenvalue weighted by molar-refractivity contribution is -0.870. The predicted octanol–water partition coefficient (Wildman–Crippen LogP) is 22.1. The van der Waals surface area contributed by atoms with Crippen LogP contribution in [-0.2, 0) is 32.7 Å². The largest absolute Gasteiger partial charge is 0.756 e. The van der Waals surface area contributed by atoms with E-state index in [9.17, 15) is 19.0 Å². The summed E-state index contributed by atoms with van der Waals surface area (Å²) in [5.41, 5.74) is 0. The first-order chi connectivity index (χ1) is 41.0. The maximum absolute atomic E-state index is 12.9. The number of phosphoric ester groups is 1. The van der Waals surface area contributed by atoms with Crippen LogP contribution in [0.25, 0.3) is 0 Å². The predicted molar refractivity (Wildman–Crippen MR) is 360 cm³/mol. The summed E-state index contributed by atoms with van der Waals surface area (Å²) in [6, 6.07) is 0. The fourth-order valence-corrected chi connectivity index (χ4v) is 10.5. The van der Waals surface area contributed by atoms with Gasteiger partial charge in [-0.3, -0.25) is 14.2 Å². The first kappa shape index (κ1) is 80.9. The number of ether oxygens (including phenoxy) is 2. The van der Waals surface area contributed by atoms with Crippen molar-refractivity contribution in [2.24, 2.45) is 0 Å². The molecule has 0 N–H and O–H groups in total. The molecule has 0 spiro atoms. The number of hydrogen-bond acceptors (Lipinski definition) is 8. The van der Waals surface area contributed by atoms with E-state index >= 15 is 0 Å². The molecule has 0 amide bonds. The topological polar surface area (TPSA) is 111 Å². The van der Waals surface area contributed by atoms with Gasteiger partial charge in [0.25, 0.3) is 7.82 Å². The van der Waals surface area contributed by atoms with E-state index < -0.39 is 26.5 Å². The highest BCUT2D eigenvalue weighted by atomic mass is 31.2. The van der Waals surface area contributed by atoms with Crippen molar-refractivity contribution in [2.75, 3.05) is 47.5 Å². The number of likely N-dealkylation sites (N-methyl/N-ethyl adjacent to an activating group) is 1. The zero-order valence-electron chi connectivity index (χ0n) is 55.3. The van der Waals surface area contributed by atoms with Crippen LogP contribution in [-0.4, -0.2) is 70.0 Å². The molecule has 0 aromatic rings. The summed E-state index contributed by atoms with van der Waals surface area (Å²) in [7, 11) is 1.17. The number of phosphoric acid groups is 1. The van der Waals surface area contributed by atoms with Crippen molar-refractivity contribution in [3.63, 3.8) is 0 Å². The van der Waals surface area contributed by atoms with Crippen molar-refractivity contribution in [1.29, 1.82) is 0 Å². The molecule has 10 heteroatoms. The first-order valence-electron chi connectivity index (χ1n) is 34.9. The minimum atomic E-state index is -4.64. The van der Waals surface area contributed by atoms with E-state index in [1.54, 1.807) is 0 Å². The second-order valence-electron chi connectivity index (χ2n) is 24.5. The van der Waals surface area contributed by atoms with E-state index in [4.69, 9.17) is 18.5 Å². The molecule has 0 fully saturated rings. The second-order valence-corrected chi connectivity index (χ2v) is 25.9. The molecule has 9 nitrogen and oxygen atoms in total. The lowest BCUT2D eigenvalue weighted by Crippen LogP contribution is -2.37. The lowest BCUT2D eigenvalue weighted by Gasteiger charge is -2.28. The fraction of sp³-hybridized carbons (Fsp3) is 0.757. The quantitative estimate of drug-likeness (QED) is 0.0195. The number of quaternary nitrogens is 1. The van der Waals surface area contributed by atoms with Crippen molar-refractivity contribution in [3.8, 4) is 0 Å². The van der Waals surface area contributed by atoms with Crippen LogP contribution < -0.4 is 4.89 Å². The maximum atomic E-state index is 12.9. The number of carbonyl (C=O) groups is 2. The van der Waals surface area contributed by atoms with Gasteiger partial charge in [0, 0.05) is 12.8 Å². The number of nitrogens with zero attached hydrogens (tertiary/aromatic N) is 1. The van der Waals surface area contributed by atoms with Gasteiger partial charge in [0.15, 0.2) is 6.10 Å². The Balaban J connectivity index is 3.99. The molecule has 0 saturated heterocycles. The summed E-state index contributed by atoms with van der Waals surface area (Å²) in [6.07, 6.45) is 89.2. The van der Waals surface area contributed by atoms with Crippen molar-refractivity contribution in [1.82, 2.24) is 0 Å². The van der Waals surface area contributed by atoms with Crippen LogP contribution in [0.3, 0.4) is 0 Å². The average Bonchev–Trinajstić information content (AvgIpc) is 3.61. The molecular weight excluding hydrogens is 1060 g/mol. The van der Waals surface area contributed by atoms with Crippen molar-refractivity contribution in [2.45, 2.75) is 315 Å². The Morgan fingerprint density at radius 1 is 0.381 bits per heavy atom. The Kier molecular flexibility index (Phi) is 62.1. The summed E-state index contributed by atoms with van der Waals surface area (Å²) in [5, 5.41) is 0. The zero-order valence-corrected chi connectivity index (χ0v) is 56.2. The standard InChI is InChI=1S/C74H132NO8P/c1-6-8-10-12-14-16-18-20-22-24-26-27-28-29-30-31-32-33-34-35-36-37-38-39-40-41-42-43-44-45-46-47-49-51-53-55-57-59-61-63-65-67-74(77)83-72(71-82-84(78,79)81-69-68-75(3,4)5)70-80-73(76)66-64-62-60-58-56-54-52-50-48-25-23-21-19-17-15-13-11-9-7-2/h8,10,14,16,20,22,26-27,29-30,32-33,35-36,38-39,72H,6-7,9,11-13,15,17-19,21,23-25,28,31,34,37,40-71H2,1-5H3/b10-8-,16-14-,22-20-,27-26-,30-29-,33-32-,36-35-,39-38-. The molecule has 0 aliphatic rings. The molecule has 0 rings (SSSR count). The molecule has 486 valence electrons. The number of allylic oxidation sites excluding steroid dienone is 16. The van der Waals surface area contributed by atoms with Crippen molar-refractivity contribution in [3.05, 3.63) is 97.2 Å². The summed E-state index contributed by atoms with van der Waals surface area (Å²) in [6.45, 7) is 4.17. The molecule has 0 aromatic heterocycles. The fourth-order valence-electron chi connectivity index (χ4n) is 9.79. The Bertz CT molecular complexity index is 1740. The van der Waals surface area contributed by atoms with Crippen LogP contribution >= 0.6 is 7.82 Å². The number of hydrogen-bond donors (Lipinski definition) is 0. The highest BCUT2D eigenvalue weighted by molar-refractivity contribution is 7.45. The van der Waals surface area contributed by atoms with Gasteiger partial charge in [-0.2, -0.15) is 0 Å². The average molecular weight is 1190 g/mol. The normalized spacial score (nSPS) is 13.7. The Labute approximate surface area is 519 Å². The third kappa shape index (κ3) is 68.0. The molecular formula is C74H132NO8P. The van der Waals surface area contributed by atoms with Gasteiger partial charge in [-0.25, -0.2) is 0 Å². The van der Waals surface area contributed by atoms with E-state index in [1.807, 2.05) is 21.1 Å². The molecule has 0 saturated carbocycles. The minimum Gasteiger partial charge on any atom is -0.756 e. The summed E-state index contributed by atoms with van der Waals surface area (Å²) in [5.74, 6) is -0.821. The smallest absolute Gasteiger partial charge is 0.306 e. The molecule has 0 radical (unpaired) electrons. The van der Waals surface area contributed by atoms with Gasteiger partial charge in [-0.05, 0) is 77.0 Å². The zero-order chi connectivity index (χ0) is 61.2. The van der Waals surface area contributed by atoms with E-state index in [2.05, 4.69) is 111 Å². The number of rotatable bonds is 64. The molecule has 0 heterocycles. The van der Waals surface area contributed by atoms with Crippen LogP contribution in [0.1, 0.15) is 309 Å². The number of esters is 2. The first-order valence-corrected chi connectivity index (χ1v) is 36.4. The van der Waals surface area contributed by atoms with Gasteiger partial charge >= 0.3 is 11.9 Å². The van der Waals surface area contributed by atoms with Crippen LogP contribution in [0.4, 0.5) is 0 Å². The van der Waals surface area contributed by atoms with E-state index in [0.717, 1.165) is 89.9 Å². The Hall–Kier alpha value is -3.07. The third-order valence-corrected chi connectivity index (χ3v) is 16.1. The van der Waals surface area contributed by atoms with Gasteiger partial charge < -0.3 is 27.9 Å². The van der Waals surface area contributed by atoms with Crippen molar-refractivity contribution < 1.29 is 42.1 Å². The maximum Gasteiger partial charge on any atom is 0.306 e. The molecule has 0 bridgehead atoms. The van der Waals surface area contributed by atoms with Gasteiger partial charge in [0.1, 0.15) is 19.8 Å². The van der Waals surface area contributed by atoms with Gasteiger partial charge in [-0.15, -0.1) is 0 Å². The minimum absolute atomic E-state index is 0.0310. The molecule has 2 atom stereocenters. The van der Waals surface area contributed by atoms with E-state index in [0.29, 0.717) is 17.4 Å². The molecule has 0 aliphatic carbocycles. The highest BCUT2D eigenvalue weighted by Gasteiger charge is 2.22. The molecule has 2 unspecified atom stereocenters. The summed E-state index contributed by atoms with van der Waals surface area (Å²) >= 11 is 0. The van der Waals surface area contributed by atoms with Crippen LogP contribution in [0, 0.1) is 0 Å². The molecule has 84 heavy (non-hydrogen) atoms. The van der Waals surface area contributed by atoms with Crippen molar-refractivity contribution >= 4 is 19.8 Å². The van der Waals surface area contributed by atoms with Gasteiger partial charge in [0.05, 0.1) is 27.7 Å².